The van der Waals surface area contributed by atoms with E-state index in [-0.39, 0.29) is 23.9 Å². The van der Waals surface area contributed by atoms with Crippen LogP contribution in [0.5, 0.6) is 0 Å². The maximum atomic E-state index is 13.0. The normalized spacial score (nSPS) is 15.8. The first kappa shape index (κ1) is 17.6. The van der Waals surface area contributed by atoms with Gasteiger partial charge in [0.2, 0.25) is 10.0 Å². The first-order valence-corrected chi connectivity index (χ1v) is 10.2. The number of pyridine rings is 1. The number of piperazine rings is 1. The zero-order valence-electron chi connectivity index (χ0n) is 14.7. The molecular formula is C20H19N3O3S. The summed E-state index contributed by atoms with van der Waals surface area (Å²) < 4.78 is 26.8. The van der Waals surface area contributed by atoms with E-state index in [0.717, 1.165) is 10.8 Å². The number of aromatic nitrogens is 1. The average Bonchev–Trinajstić information content (AvgIpc) is 2.73. The number of benzene rings is 2. The third kappa shape index (κ3) is 3.31. The Morgan fingerprint density at radius 3 is 2.37 bits per heavy atom. The molecule has 0 saturated carbocycles. The fraction of sp³-hybridized carbons (Fsp3) is 0.200. The Morgan fingerprint density at radius 2 is 1.63 bits per heavy atom. The number of rotatable bonds is 3. The number of hydrogen-bond donors (Lipinski definition) is 0. The first-order chi connectivity index (χ1) is 13.1. The third-order valence-electron chi connectivity index (χ3n) is 4.82. The third-order valence-corrected chi connectivity index (χ3v) is 6.70. The largest absolute Gasteiger partial charge is 0.336 e. The minimum atomic E-state index is -3.58. The molecule has 3 aromatic rings. The van der Waals surface area contributed by atoms with Crippen molar-refractivity contribution in [1.82, 2.24) is 14.2 Å². The molecular weight excluding hydrogens is 362 g/mol. The lowest BCUT2D eigenvalue weighted by molar-refractivity contribution is 0.0700. The summed E-state index contributed by atoms with van der Waals surface area (Å²) in [5.41, 5.74) is 0.650. The van der Waals surface area contributed by atoms with Gasteiger partial charge in [-0.15, -0.1) is 0 Å². The number of amides is 1. The molecule has 2 heterocycles. The van der Waals surface area contributed by atoms with Gasteiger partial charge in [-0.25, -0.2) is 8.42 Å². The Kier molecular flexibility index (Phi) is 4.63. The highest BCUT2D eigenvalue weighted by Crippen LogP contribution is 2.22. The molecule has 1 amide bonds. The summed E-state index contributed by atoms with van der Waals surface area (Å²) >= 11 is 0. The van der Waals surface area contributed by atoms with E-state index in [9.17, 15) is 13.2 Å². The van der Waals surface area contributed by atoms with Gasteiger partial charge in [-0.2, -0.15) is 4.31 Å². The minimum Gasteiger partial charge on any atom is -0.336 e. The molecule has 1 aliphatic rings. The van der Waals surface area contributed by atoms with Crippen molar-refractivity contribution in [3.8, 4) is 0 Å². The summed E-state index contributed by atoms with van der Waals surface area (Å²) in [6.45, 7) is 1.27. The summed E-state index contributed by atoms with van der Waals surface area (Å²) in [5, 5.41) is 1.93. The van der Waals surface area contributed by atoms with Gasteiger partial charge >= 0.3 is 0 Å². The fourth-order valence-corrected chi connectivity index (χ4v) is 4.75. The van der Waals surface area contributed by atoms with E-state index in [4.69, 9.17) is 0 Å². The Morgan fingerprint density at radius 1 is 0.889 bits per heavy atom. The number of carbonyl (C=O) groups excluding carboxylic acids is 1. The molecule has 0 atom stereocenters. The van der Waals surface area contributed by atoms with Crippen LogP contribution in [-0.2, 0) is 10.0 Å². The van der Waals surface area contributed by atoms with Gasteiger partial charge in [-0.05, 0) is 29.0 Å². The average molecular weight is 381 g/mol. The van der Waals surface area contributed by atoms with Crippen molar-refractivity contribution < 1.29 is 13.2 Å². The molecule has 27 heavy (non-hydrogen) atoms. The Bertz CT molecular complexity index is 1070. The van der Waals surface area contributed by atoms with Crippen LogP contribution in [0.3, 0.4) is 0 Å². The highest BCUT2D eigenvalue weighted by Gasteiger charge is 2.30. The van der Waals surface area contributed by atoms with Gasteiger partial charge in [-0.1, -0.05) is 36.4 Å². The maximum Gasteiger partial charge on any atom is 0.254 e. The molecule has 4 rings (SSSR count). The summed E-state index contributed by atoms with van der Waals surface area (Å²) in [6, 6.07) is 16.6. The molecule has 1 saturated heterocycles. The van der Waals surface area contributed by atoms with Gasteiger partial charge in [0.1, 0.15) is 4.90 Å². The van der Waals surface area contributed by atoms with E-state index in [1.165, 1.54) is 16.6 Å². The predicted octanol–water partition coefficient (Wildman–Crippen LogP) is 2.38. The van der Waals surface area contributed by atoms with Crippen LogP contribution in [0.25, 0.3) is 10.8 Å². The molecule has 0 bridgehead atoms. The number of nitrogens with zero attached hydrogens (tertiary/aromatic N) is 3. The van der Waals surface area contributed by atoms with Gasteiger partial charge in [0, 0.05) is 44.1 Å². The van der Waals surface area contributed by atoms with E-state index in [1.54, 1.807) is 17.2 Å². The quantitative estimate of drug-likeness (QED) is 0.698. The van der Waals surface area contributed by atoms with E-state index in [1.807, 2.05) is 42.5 Å². The van der Waals surface area contributed by atoms with Crippen molar-refractivity contribution in [3.05, 3.63) is 72.6 Å². The van der Waals surface area contributed by atoms with Crippen molar-refractivity contribution in [1.29, 1.82) is 0 Å². The SMILES string of the molecule is O=C(c1cccc2ccccc12)N1CCN(S(=O)(=O)c2cccnc2)CC1. The molecule has 0 radical (unpaired) electrons. The lowest BCUT2D eigenvalue weighted by Gasteiger charge is -2.34. The summed E-state index contributed by atoms with van der Waals surface area (Å²) in [5.74, 6) is -0.0646. The molecule has 0 spiro atoms. The van der Waals surface area contributed by atoms with Crippen LogP contribution in [0.1, 0.15) is 10.4 Å². The second kappa shape index (κ2) is 7.09. The van der Waals surface area contributed by atoms with Gasteiger partial charge in [0.15, 0.2) is 0 Å². The van der Waals surface area contributed by atoms with Gasteiger partial charge < -0.3 is 4.90 Å². The number of sulfonamides is 1. The molecule has 6 nitrogen and oxygen atoms in total. The fourth-order valence-electron chi connectivity index (χ4n) is 3.36. The van der Waals surface area contributed by atoms with E-state index >= 15 is 0 Å². The Labute approximate surface area is 158 Å². The molecule has 1 fully saturated rings. The molecule has 138 valence electrons. The standard InChI is InChI=1S/C20H19N3O3S/c24-20(19-9-3-6-16-5-1-2-8-18(16)19)22-11-13-23(14-12-22)27(25,26)17-7-4-10-21-15-17/h1-10,15H,11-14H2. The molecule has 0 aliphatic carbocycles. The van der Waals surface area contributed by atoms with Gasteiger partial charge in [0.05, 0.1) is 0 Å². The van der Waals surface area contributed by atoms with Crippen molar-refractivity contribution in [2.24, 2.45) is 0 Å². The highest BCUT2D eigenvalue weighted by atomic mass is 32.2. The van der Waals surface area contributed by atoms with Crippen LogP contribution in [0.2, 0.25) is 0 Å². The van der Waals surface area contributed by atoms with Crippen molar-refractivity contribution in [2.75, 3.05) is 26.2 Å². The second-order valence-electron chi connectivity index (χ2n) is 6.41. The zero-order chi connectivity index (χ0) is 18.9. The summed E-state index contributed by atoms with van der Waals surface area (Å²) in [7, 11) is -3.58. The van der Waals surface area contributed by atoms with Crippen molar-refractivity contribution in [2.45, 2.75) is 4.90 Å². The Balaban J connectivity index is 1.52. The predicted molar refractivity (Wildman–Crippen MR) is 103 cm³/mol. The number of hydrogen-bond acceptors (Lipinski definition) is 4. The lowest BCUT2D eigenvalue weighted by atomic mass is 10.0. The smallest absolute Gasteiger partial charge is 0.254 e. The first-order valence-electron chi connectivity index (χ1n) is 8.74. The van der Waals surface area contributed by atoms with Gasteiger partial charge in [-0.3, -0.25) is 9.78 Å². The minimum absolute atomic E-state index is 0.0646. The van der Waals surface area contributed by atoms with E-state index < -0.39 is 10.0 Å². The lowest BCUT2D eigenvalue weighted by Crippen LogP contribution is -2.50. The van der Waals surface area contributed by atoms with Crippen molar-refractivity contribution >= 4 is 26.7 Å². The molecule has 2 aromatic carbocycles. The van der Waals surface area contributed by atoms with Crippen LogP contribution in [0.15, 0.2) is 71.9 Å². The van der Waals surface area contributed by atoms with E-state index in [2.05, 4.69) is 4.98 Å². The number of fused-ring (bicyclic) bond motifs is 1. The Hall–Kier alpha value is -2.77. The molecule has 0 N–H and O–H groups in total. The van der Waals surface area contributed by atoms with Crippen molar-refractivity contribution in [3.63, 3.8) is 0 Å². The summed E-state index contributed by atoms with van der Waals surface area (Å²) in [4.78, 5) is 18.8. The topological polar surface area (TPSA) is 70.6 Å². The van der Waals surface area contributed by atoms with Gasteiger partial charge in [0.25, 0.3) is 5.91 Å². The molecule has 0 unspecified atom stereocenters. The zero-order valence-corrected chi connectivity index (χ0v) is 15.5. The highest BCUT2D eigenvalue weighted by molar-refractivity contribution is 7.89. The van der Waals surface area contributed by atoms with Crippen LogP contribution in [0, 0.1) is 0 Å². The molecule has 1 aromatic heterocycles. The van der Waals surface area contributed by atoms with Crippen LogP contribution >= 0.6 is 0 Å². The van der Waals surface area contributed by atoms with Crippen LogP contribution in [-0.4, -0.2) is 54.7 Å². The monoisotopic (exact) mass is 381 g/mol. The molecule has 7 heteroatoms. The summed E-state index contributed by atoms with van der Waals surface area (Å²) in [6.07, 6.45) is 2.89. The van der Waals surface area contributed by atoms with Crippen LogP contribution in [0.4, 0.5) is 0 Å². The van der Waals surface area contributed by atoms with Crippen LogP contribution < -0.4 is 0 Å². The molecule has 1 aliphatic heterocycles. The second-order valence-corrected chi connectivity index (χ2v) is 8.35. The number of carbonyl (C=O) groups is 1. The maximum absolute atomic E-state index is 13.0. The van der Waals surface area contributed by atoms with E-state index in [0.29, 0.717) is 18.7 Å².